The fraction of sp³-hybridized carbons (Fsp3) is 0.400. The molecule has 128 valence electrons. The van der Waals surface area contributed by atoms with Gasteiger partial charge in [0.2, 0.25) is 5.91 Å². The average molecular weight is 325 g/mol. The Balaban J connectivity index is 1.91. The van der Waals surface area contributed by atoms with E-state index in [1.165, 1.54) is 5.56 Å². The number of pyridine rings is 1. The molecule has 0 bridgehead atoms. The Labute approximate surface area is 144 Å². The lowest BCUT2D eigenvalue weighted by atomic mass is 10.0. The van der Waals surface area contributed by atoms with E-state index in [4.69, 9.17) is 0 Å². The molecule has 1 N–H and O–H groups in total. The predicted molar refractivity (Wildman–Crippen MR) is 97.7 cm³/mol. The molecule has 0 aliphatic heterocycles. The minimum atomic E-state index is 0.0898. The lowest BCUT2D eigenvalue weighted by Crippen LogP contribution is -2.38. The third-order valence-corrected chi connectivity index (χ3v) is 4.29. The van der Waals surface area contributed by atoms with Crippen LogP contribution >= 0.6 is 0 Å². The van der Waals surface area contributed by atoms with Crippen molar-refractivity contribution in [3.8, 4) is 0 Å². The van der Waals surface area contributed by atoms with Gasteiger partial charge in [-0.15, -0.1) is 0 Å². The first-order chi connectivity index (χ1) is 11.7. The highest BCUT2D eigenvalue weighted by Gasteiger charge is 2.18. The fourth-order valence-corrected chi connectivity index (χ4v) is 2.90. The molecule has 4 nitrogen and oxygen atoms in total. The molecule has 1 aromatic carbocycles. The van der Waals surface area contributed by atoms with Crippen LogP contribution in [0.1, 0.15) is 37.4 Å². The van der Waals surface area contributed by atoms with Crippen LogP contribution in [0.15, 0.2) is 54.9 Å². The quantitative estimate of drug-likeness (QED) is 0.770. The van der Waals surface area contributed by atoms with Crippen molar-refractivity contribution >= 4 is 5.91 Å². The van der Waals surface area contributed by atoms with Crippen LogP contribution in [-0.4, -0.2) is 35.4 Å². The van der Waals surface area contributed by atoms with Crippen LogP contribution < -0.4 is 5.32 Å². The van der Waals surface area contributed by atoms with Crippen molar-refractivity contribution < 1.29 is 4.79 Å². The number of carbonyl (C=O) groups excluding carboxylic acids is 1. The van der Waals surface area contributed by atoms with Gasteiger partial charge in [-0.1, -0.05) is 50.2 Å². The topological polar surface area (TPSA) is 45.2 Å². The third kappa shape index (κ3) is 5.46. The first kappa shape index (κ1) is 18.1. The largest absolute Gasteiger partial charge is 0.354 e. The van der Waals surface area contributed by atoms with Crippen LogP contribution in [0.5, 0.6) is 0 Å². The normalized spacial score (nSPS) is 12.1. The van der Waals surface area contributed by atoms with Gasteiger partial charge in [0.15, 0.2) is 0 Å². The molecule has 4 heteroatoms. The van der Waals surface area contributed by atoms with E-state index < -0.39 is 0 Å². The van der Waals surface area contributed by atoms with E-state index in [1.807, 2.05) is 24.4 Å². The molecule has 0 saturated heterocycles. The Morgan fingerprint density at radius 2 is 1.88 bits per heavy atom. The maximum Gasteiger partial charge on any atom is 0.220 e. The minimum absolute atomic E-state index is 0.0898. The molecule has 1 amide bonds. The summed E-state index contributed by atoms with van der Waals surface area (Å²) in [4.78, 5) is 18.7. The molecule has 1 aromatic heterocycles. The summed E-state index contributed by atoms with van der Waals surface area (Å²) in [7, 11) is 0. The van der Waals surface area contributed by atoms with Crippen LogP contribution in [-0.2, 0) is 11.2 Å². The van der Waals surface area contributed by atoms with Crippen LogP contribution in [0.3, 0.4) is 0 Å². The molecule has 2 rings (SSSR count). The summed E-state index contributed by atoms with van der Waals surface area (Å²) in [5, 5.41) is 3.10. The van der Waals surface area contributed by atoms with Crippen molar-refractivity contribution in [2.45, 2.75) is 32.7 Å². The summed E-state index contributed by atoms with van der Waals surface area (Å²) in [6, 6.07) is 14.5. The lowest BCUT2D eigenvalue weighted by molar-refractivity contribution is -0.121. The van der Waals surface area contributed by atoms with E-state index in [9.17, 15) is 4.79 Å². The number of amides is 1. The highest BCUT2D eigenvalue weighted by atomic mass is 16.1. The summed E-state index contributed by atoms with van der Waals surface area (Å²) in [6.45, 7) is 6.87. The summed E-state index contributed by atoms with van der Waals surface area (Å²) in [5.74, 6) is 0.0898. The lowest BCUT2D eigenvalue weighted by Gasteiger charge is -2.30. The standard InChI is InChI=1S/C20H27N3O/c1-3-23(4-2)19(18-10-6-5-7-11-18)16-22-20(24)13-12-17-9-8-14-21-15-17/h5-11,14-15,19H,3-4,12-13,16H2,1-2H3,(H,22,24). The number of likely N-dealkylation sites (N-methyl/N-ethyl adjacent to an activating group) is 1. The predicted octanol–water partition coefficient (Wildman–Crippen LogP) is 3.21. The van der Waals surface area contributed by atoms with Crippen LogP contribution in [0.25, 0.3) is 0 Å². The molecule has 0 saturated carbocycles. The van der Waals surface area contributed by atoms with Crippen molar-refractivity contribution in [1.82, 2.24) is 15.2 Å². The molecular formula is C20H27N3O. The Bertz CT molecular complexity index is 597. The molecule has 1 atom stereocenters. The van der Waals surface area contributed by atoms with Crippen molar-refractivity contribution in [2.24, 2.45) is 0 Å². The minimum Gasteiger partial charge on any atom is -0.354 e. The molecule has 0 spiro atoms. The number of hydrogen-bond donors (Lipinski definition) is 1. The Hall–Kier alpha value is -2.20. The molecular weight excluding hydrogens is 298 g/mol. The van der Waals surface area contributed by atoms with Gasteiger partial charge in [-0.05, 0) is 36.7 Å². The Morgan fingerprint density at radius 3 is 2.50 bits per heavy atom. The molecule has 0 aliphatic carbocycles. The van der Waals surface area contributed by atoms with Gasteiger partial charge >= 0.3 is 0 Å². The van der Waals surface area contributed by atoms with Crippen molar-refractivity contribution in [3.63, 3.8) is 0 Å². The molecule has 1 heterocycles. The van der Waals surface area contributed by atoms with E-state index in [1.54, 1.807) is 6.20 Å². The molecule has 2 aromatic rings. The molecule has 0 fully saturated rings. The molecule has 0 radical (unpaired) electrons. The monoisotopic (exact) mass is 325 g/mol. The third-order valence-electron chi connectivity index (χ3n) is 4.29. The van der Waals surface area contributed by atoms with Crippen molar-refractivity contribution in [2.75, 3.05) is 19.6 Å². The van der Waals surface area contributed by atoms with Gasteiger partial charge in [0.05, 0.1) is 6.04 Å². The van der Waals surface area contributed by atoms with E-state index in [-0.39, 0.29) is 11.9 Å². The van der Waals surface area contributed by atoms with E-state index in [2.05, 4.69) is 53.3 Å². The second-order valence-electron chi connectivity index (χ2n) is 5.81. The zero-order valence-electron chi connectivity index (χ0n) is 14.6. The highest BCUT2D eigenvalue weighted by Crippen LogP contribution is 2.19. The van der Waals surface area contributed by atoms with E-state index in [0.717, 1.165) is 25.1 Å². The van der Waals surface area contributed by atoms with Gasteiger partial charge < -0.3 is 5.32 Å². The van der Waals surface area contributed by atoms with Crippen LogP contribution in [0, 0.1) is 0 Å². The zero-order chi connectivity index (χ0) is 17.2. The number of nitrogens with one attached hydrogen (secondary N) is 1. The summed E-state index contributed by atoms with van der Waals surface area (Å²) in [5.41, 5.74) is 2.34. The maximum absolute atomic E-state index is 12.2. The molecule has 24 heavy (non-hydrogen) atoms. The number of aryl methyl sites for hydroxylation is 1. The van der Waals surface area contributed by atoms with Gasteiger partial charge in [-0.3, -0.25) is 14.7 Å². The number of carbonyl (C=O) groups is 1. The summed E-state index contributed by atoms with van der Waals surface area (Å²) >= 11 is 0. The van der Waals surface area contributed by atoms with E-state index in [0.29, 0.717) is 13.0 Å². The average Bonchev–Trinajstić information content (AvgIpc) is 2.65. The number of aromatic nitrogens is 1. The van der Waals surface area contributed by atoms with Gasteiger partial charge in [0.1, 0.15) is 0 Å². The zero-order valence-corrected chi connectivity index (χ0v) is 14.6. The number of hydrogen-bond acceptors (Lipinski definition) is 3. The van der Waals surface area contributed by atoms with Crippen LogP contribution in [0.2, 0.25) is 0 Å². The fourth-order valence-electron chi connectivity index (χ4n) is 2.90. The van der Waals surface area contributed by atoms with Gasteiger partial charge in [-0.2, -0.15) is 0 Å². The summed E-state index contributed by atoms with van der Waals surface area (Å²) < 4.78 is 0. The Morgan fingerprint density at radius 1 is 1.12 bits per heavy atom. The SMILES string of the molecule is CCN(CC)C(CNC(=O)CCc1cccnc1)c1ccccc1. The van der Waals surface area contributed by atoms with Gasteiger partial charge in [-0.25, -0.2) is 0 Å². The van der Waals surface area contributed by atoms with Crippen LogP contribution in [0.4, 0.5) is 0 Å². The van der Waals surface area contributed by atoms with E-state index >= 15 is 0 Å². The molecule has 0 aliphatic rings. The maximum atomic E-state index is 12.2. The van der Waals surface area contributed by atoms with Gasteiger partial charge in [0.25, 0.3) is 0 Å². The number of nitrogens with zero attached hydrogens (tertiary/aromatic N) is 2. The first-order valence-electron chi connectivity index (χ1n) is 8.69. The number of benzene rings is 1. The highest BCUT2D eigenvalue weighted by molar-refractivity contribution is 5.76. The molecule has 1 unspecified atom stereocenters. The second-order valence-corrected chi connectivity index (χ2v) is 5.81. The first-order valence-corrected chi connectivity index (χ1v) is 8.69. The second kappa shape index (κ2) is 9.83. The number of rotatable bonds is 9. The smallest absolute Gasteiger partial charge is 0.220 e. The van der Waals surface area contributed by atoms with Crippen molar-refractivity contribution in [3.05, 3.63) is 66.0 Å². The van der Waals surface area contributed by atoms with Crippen molar-refractivity contribution in [1.29, 1.82) is 0 Å². The van der Waals surface area contributed by atoms with Gasteiger partial charge in [0, 0.05) is 25.4 Å². The Kier molecular flexibility index (Phi) is 7.43. The summed E-state index contributed by atoms with van der Waals surface area (Å²) in [6.07, 6.45) is 4.78.